The predicted molar refractivity (Wildman–Crippen MR) is 87.9 cm³/mol. The van der Waals surface area contributed by atoms with Crippen LogP contribution in [0.15, 0.2) is 0 Å². The summed E-state index contributed by atoms with van der Waals surface area (Å²) in [5.74, 6) is 0.676. The van der Waals surface area contributed by atoms with Crippen LogP contribution in [0.25, 0.3) is 0 Å². The van der Waals surface area contributed by atoms with Crippen LogP contribution in [-0.4, -0.2) is 88.5 Å². The zero-order valence-electron chi connectivity index (χ0n) is 14.4. The van der Waals surface area contributed by atoms with Gasteiger partial charge < -0.3 is 30.8 Å². The Morgan fingerprint density at radius 3 is 2.00 bits per heavy atom. The molecule has 2 rings (SSSR count). The first kappa shape index (κ1) is 21.7. The summed E-state index contributed by atoms with van der Waals surface area (Å²) in [5.41, 5.74) is 9.83. The van der Waals surface area contributed by atoms with Crippen molar-refractivity contribution < 1.29 is 19.3 Å². The third-order valence-corrected chi connectivity index (χ3v) is 3.17. The summed E-state index contributed by atoms with van der Waals surface area (Å²) in [4.78, 5) is 2.32. The minimum atomic E-state index is -0.681. The highest BCUT2D eigenvalue weighted by molar-refractivity contribution is 4.85. The Hall–Kier alpha value is -0.280. The lowest BCUT2D eigenvalue weighted by Gasteiger charge is -2.34. The SMILES string of the molecule is COCC(C)C.NCC1(O)COC1.NCCN1CCOCC1. The van der Waals surface area contributed by atoms with Gasteiger partial charge in [-0.1, -0.05) is 13.8 Å². The molecule has 0 unspecified atom stereocenters. The molecule has 0 aromatic heterocycles. The zero-order valence-corrected chi connectivity index (χ0v) is 14.4. The van der Waals surface area contributed by atoms with Gasteiger partial charge in [-0.25, -0.2) is 0 Å². The molecule has 134 valence electrons. The van der Waals surface area contributed by atoms with E-state index in [1.54, 1.807) is 7.11 Å². The Balaban J connectivity index is 0.000000309. The Morgan fingerprint density at radius 2 is 1.77 bits per heavy atom. The van der Waals surface area contributed by atoms with Gasteiger partial charge in [0.05, 0.1) is 26.4 Å². The fourth-order valence-electron chi connectivity index (χ4n) is 1.80. The van der Waals surface area contributed by atoms with E-state index < -0.39 is 5.60 Å². The molecular weight excluding hydrogens is 286 g/mol. The first-order chi connectivity index (χ1) is 10.5. The first-order valence-electron chi connectivity index (χ1n) is 7.96. The maximum atomic E-state index is 8.97. The topological polar surface area (TPSA) is 103 Å². The first-order valence-corrected chi connectivity index (χ1v) is 7.96. The Labute approximate surface area is 134 Å². The number of nitrogens with two attached hydrogens (primary N) is 2. The summed E-state index contributed by atoms with van der Waals surface area (Å²) < 4.78 is 14.7. The second kappa shape index (κ2) is 13.2. The minimum absolute atomic E-state index is 0.312. The van der Waals surface area contributed by atoms with Crippen molar-refractivity contribution in [3.63, 3.8) is 0 Å². The molecule has 0 atom stereocenters. The van der Waals surface area contributed by atoms with E-state index in [9.17, 15) is 0 Å². The Morgan fingerprint density at radius 1 is 1.18 bits per heavy atom. The summed E-state index contributed by atoms with van der Waals surface area (Å²) in [5, 5.41) is 8.97. The molecule has 0 spiro atoms. The van der Waals surface area contributed by atoms with E-state index in [1.807, 2.05) is 0 Å². The van der Waals surface area contributed by atoms with E-state index in [0.717, 1.165) is 46.0 Å². The van der Waals surface area contributed by atoms with Gasteiger partial charge >= 0.3 is 0 Å². The fraction of sp³-hybridized carbons (Fsp3) is 1.00. The molecule has 22 heavy (non-hydrogen) atoms. The van der Waals surface area contributed by atoms with Gasteiger partial charge in [-0.3, -0.25) is 4.90 Å². The standard InChI is InChI=1S/C6H14N2O.C5H12O.C4H9NO2/c7-1-2-8-3-5-9-6-4-8;1-5(2)4-6-3;5-1-4(6)2-7-3-4/h1-7H2;5H,4H2,1-3H3;6H,1-3,5H2. The van der Waals surface area contributed by atoms with Gasteiger partial charge in [0.2, 0.25) is 0 Å². The molecule has 0 aromatic carbocycles. The van der Waals surface area contributed by atoms with Crippen molar-refractivity contribution in [1.29, 1.82) is 0 Å². The summed E-state index contributed by atoms with van der Waals surface area (Å²) in [6.45, 7) is 11.9. The number of hydrogen-bond acceptors (Lipinski definition) is 7. The molecule has 2 heterocycles. The van der Waals surface area contributed by atoms with Crippen molar-refractivity contribution in [2.45, 2.75) is 19.4 Å². The minimum Gasteiger partial charge on any atom is -0.384 e. The van der Waals surface area contributed by atoms with Crippen LogP contribution in [-0.2, 0) is 14.2 Å². The molecule has 0 aliphatic carbocycles. The summed E-state index contributed by atoms with van der Waals surface area (Å²) >= 11 is 0. The molecule has 0 bridgehead atoms. The zero-order chi connectivity index (χ0) is 16.8. The van der Waals surface area contributed by atoms with Crippen molar-refractivity contribution in [3.05, 3.63) is 0 Å². The highest BCUT2D eigenvalue weighted by atomic mass is 16.5. The van der Waals surface area contributed by atoms with E-state index in [4.69, 9.17) is 30.8 Å². The van der Waals surface area contributed by atoms with Crippen molar-refractivity contribution in [3.8, 4) is 0 Å². The van der Waals surface area contributed by atoms with Gasteiger partial charge in [-0.2, -0.15) is 0 Å². The molecule has 0 aromatic rings. The van der Waals surface area contributed by atoms with Crippen LogP contribution in [0.2, 0.25) is 0 Å². The number of ether oxygens (including phenoxy) is 3. The lowest BCUT2D eigenvalue weighted by atomic mass is 10.0. The maximum absolute atomic E-state index is 8.97. The molecule has 7 nitrogen and oxygen atoms in total. The third kappa shape index (κ3) is 11.3. The third-order valence-electron chi connectivity index (χ3n) is 3.17. The lowest BCUT2D eigenvalue weighted by Crippen LogP contribution is -2.54. The number of methoxy groups -OCH3 is 1. The van der Waals surface area contributed by atoms with Gasteiger partial charge in [-0.05, 0) is 5.92 Å². The highest BCUT2D eigenvalue weighted by Crippen LogP contribution is 2.13. The van der Waals surface area contributed by atoms with Gasteiger partial charge in [0.15, 0.2) is 0 Å². The van der Waals surface area contributed by atoms with Crippen LogP contribution < -0.4 is 11.5 Å². The normalized spacial score (nSPS) is 20.3. The smallest absolute Gasteiger partial charge is 0.123 e. The van der Waals surface area contributed by atoms with Crippen molar-refractivity contribution >= 4 is 0 Å². The second-order valence-electron chi connectivity index (χ2n) is 6.01. The molecule has 2 fully saturated rings. The molecular formula is C15H35N3O4. The number of aliphatic hydroxyl groups is 1. The molecule has 0 saturated carbocycles. The quantitative estimate of drug-likeness (QED) is 0.613. The fourth-order valence-corrected chi connectivity index (χ4v) is 1.80. The maximum Gasteiger partial charge on any atom is 0.123 e. The van der Waals surface area contributed by atoms with Gasteiger partial charge in [-0.15, -0.1) is 0 Å². The number of morpholine rings is 1. The molecule has 2 aliphatic rings. The lowest BCUT2D eigenvalue weighted by molar-refractivity contribution is -0.171. The molecule has 2 saturated heterocycles. The van der Waals surface area contributed by atoms with Crippen molar-refractivity contribution in [2.24, 2.45) is 17.4 Å². The molecule has 5 N–H and O–H groups in total. The summed E-state index contributed by atoms with van der Waals surface area (Å²) in [6, 6.07) is 0. The van der Waals surface area contributed by atoms with E-state index in [0.29, 0.717) is 25.7 Å². The van der Waals surface area contributed by atoms with Crippen LogP contribution >= 0.6 is 0 Å². The largest absolute Gasteiger partial charge is 0.384 e. The van der Waals surface area contributed by atoms with Crippen LogP contribution in [0.1, 0.15) is 13.8 Å². The number of hydrogen-bond donors (Lipinski definition) is 3. The van der Waals surface area contributed by atoms with Gasteiger partial charge in [0.1, 0.15) is 5.60 Å². The Bertz CT molecular complexity index is 237. The summed E-state index contributed by atoms with van der Waals surface area (Å²) in [7, 11) is 1.72. The molecule has 2 aliphatic heterocycles. The van der Waals surface area contributed by atoms with E-state index in [2.05, 4.69) is 18.7 Å². The van der Waals surface area contributed by atoms with Crippen LogP contribution in [0.4, 0.5) is 0 Å². The monoisotopic (exact) mass is 321 g/mol. The van der Waals surface area contributed by atoms with E-state index >= 15 is 0 Å². The van der Waals surface area contributed by atoms with Crippen LogP contribution in [0, 0.1) is 5.92 Å². The van der Waals surface area contributed by atoms with Crippen molar-refractivity contribution in [1.82, 2.24) is 4.90 Å². The van der Waals surface area contributed by atoms with Gasteiger partial charge in [0.25, 0.3) is 0 Å². The van der Waals surface area contributed by atoms with Crippen LogP contribution in [0.5, 0.6) is 0 Å². The number of nitrogens with zero attached hydrogens (tertiary/aromatic N) is 1. The van der Waals surface area contributed by atoms with Crippen molar-refractivity contribution in [2.75, 3.05) is 72.9 Å². The molecule has 7 heteroatoms. The average Bonchev–Trinajstić information content (AvgIpc) is 2.47. The average molecular weight is 321 g/mol. The van der Waals surface area contributed by atoms with Gasteiger partial charge in [0, 0.05) is 46.4 Å². The number of rotatable bonds is 5. The van der Waals surface area contributed by atoms with Crippen LogP contribution in [0.3, 0.4) is 0 Å². The second-order valence-corrected chi connectivity index (χ2v) is 6.01. The Kier molecular flexibility index (Phi) is 13.0. The predicted octanol–water partition coefficient (Wildman–Crippen LogP) is -0.727. The molecule has 0 amide bonds. The molecule has 0 radical (unpaired) electrons. The highest BCUT2D eigenvalue weighted by Gasteiger charge is 2.33. The van der Waals surface area contributed by atoms with E-state index in [1.165, 1.54) is 0 Å². The summed E-state index contributed by atoms with van der Waals surface area (Å²) in [6.07, 6.45) is 0. The van der Waals surface area contributed by atoms with E-state index in [-0.39, 0.29) is 0 Å².